The van der Waals surface area contributed by atoms with Gasteiger partial charge in [-0.3, -0.25) is 0 Å². The van der Waals surface area contributed by atoms with Gasteiger partial charge in [0, 0.05) is 0 Å². The van der Waals surface area contributed by atoms with Crippen molar-refractivity contribution in [3.63, 3.8) is 0 Å². The molecule has 0 radical (unpaired) electrons. The fourth-order valence-electron chi connectivity index (χ4n) is 3.70. The van der Waals surface area contributed by atoms with Gasteiger partial charge in [-0.05, 0) is 0 Å². The zero-order chi connectivity index (χ0) is 23.7. The molecule has 0 atom stereocenters. The maximum absolute atomic E-state index is 13.4. The standard InChI is InChI=1S/C8H7O.3C6H5.BF4.Sb/c1-7(9)8-5-3-2-4-6-8;3*1-2-4-6-5-3-1;2-1(3,4)5;/h2-6H,1H2;3*1-5H;;/q;;;;-1;+1. The van der Waals surface area contributed by atoms with Crippen molar-refractivity contribution in [3.8, 4) is 0 Å². The van der Waals surface area contributed by atoms with E-state index >= 15 is 0 Å². The van der Waals surface area contributed by atoms with Crippen LogP contribution < -0.4 is 10.5 Å². The molecule has 33 heavy (non-hydrogen) atoms. The molecule has 0 unspecified atom stereocenters. The van der Waals surface area contributed by atoms with E-state index in [1.54, 1.807) is 0 Å². The van der Waals surface area contributed by atoms with E-state index < -0.39 is 26.1 Å². The number of benzene rings is 4. The average molecular weight is 559 g/mol. The Morgan fingerprint density at radius 1 is 0.545 bits per heavy atom. The Bertz CT molecular complexity index is 1040. The van der Waals surface area contributed by atoms with Crippen LogP contribution in [0, 0.1) is 0 Å². The second-order valence-electron chi connectivity index (χ2n) is 7.26. The van der Waals surface area contributed by atoms with E-state index in [1.165, 1.54) is 10.5 Å². The summed E-state index contributed by atoms with van der Waals surface area (Å²) in [4.78, 5) is 13.4. The van der Waals surface area contributed by atoms with Gasteiger partial charge in [0.2, 0.25) is 0 Å². The predicted molar refractivity (Wildman–Crippen MR) is 130 cm³/mol. The number of Topliss-reactive ketones (excluding diaryl/α,β-unsaturated/α-hetero) is 1. The van der Waals surface area contributed by atoms with Crippen LogP contribution in [0.2, 0.25) is 4.37 Å². The van der Waals surface area contributed by atoms with Gasteiger partial charge in [0.25, 0.3) is 0 Å². The van der Waals surface area contributed by atoms with Gasteiger partial charge in [0.05, 0.1) is 0 Å². The Balaban J connectivity index is 0.000000555. The molecule has 0 N–H and O–H groups in total. The Hall–Kier alpha value is -2.85. The molecule has 4 rings (SSSR count). The molecule has 4 aromatic carbocycles. The minimum absolute atomic E-state index is 0.225. The van der Waals surface area contributed by atoms with Gasteiger partial charge in [-0.25, -0.2) is 0 Å². The molecule has 0 heterocycles. The first kappa shape index (κ1) is 24.8. The summed E-state index contributed by atoms with van der Waals surface area (Å²) < 4.78 is 43.5. The molecule has 7 heteroatoms. The number of rotatable bonds is 6. The maximum atomic E-state index is 13.4. The second kappa shape index (κ2) is 11.3. The van der Waals surface area contributed by atoms with Crippen molar-refractivity contribution in [1.29, 1.82) is 0 Å². The fraction of sp³-hybridized carbons (Fsp3) is 0.0385. The van der Waals surface area contributed by atoms with Crippen molar-refractivity contribution in [2.75, 3.05) is 0 Å². The molecule has 0 saturated carbocycles. The number of hydrogen-bond donors (Lipinski definition) is 0. The molecule has 1 nitrogen and oxygen atoms in total. The van der Waals surface area contributed by atoms with Crippen molar-refractivity contribution < 1.29 is 22.1 Å². The average Bonchev–Trinajstić information content (AvgIpc) is 2.83. The summed E-state index contributed by atoms with van der Waals surface area (Å²) in [5.74, 6) is 0.225. The zero-order valence-electron chi connectivity index (χ0n) is 17.7. The molecule has 0 aliphatic carbocycles. The summed E-state index contributed by atoms with van der Waals surface area (Å²) in [6.45, 7) is 0. The van der Waals surface area contributed by atoms with E-state index in [1.807, 2.05) is 48.5 Å². The molecular weight excluding hydrogens is 537 g/mol. The van der Waals surface area contributed by atoms with Crippen molar-refractivity contribution in [2.24, 2.45) is 0 Å². The van der Waals surface area contributed by atoms with E-state index in [-0.39, 0.29) is 5.78 Å². The normalized spacial score (nSPS) is 11.3. The summed E-state index contributed by atoms with van der Waals surface area (Å²) >= 11 is -3.39. The molecule has 0 aromatic heterocycles. The van der Waals surface area contributed by atoms with Crippen molar-refractivity contribution in [2.45, 2.75) is 4.37 Å². The number of hydrogen-bond acceptors (Lipinski definition) is 1. The molecule has 168 valence electrons. The van der Waals surface area contributed by atoms with Gasteiger partial charge in [-0.15, -0.1) is 0 Å². The van der Waals surface area contributed by atoms with Crippen LogP contribution in [0.15, 0.2) is 121 Å². The van der Waals surface area contributed by atoms with Gasteiger partial charge in [0.15, 0.2) is 0 Å². The molecule has 0 spiro atoms. The molecule has 0 amide bonds. The summed E-state index contributed by atoms with van der Waals surface area (Å²) in [6, 6.07) is 41.7. The number of ketones is 1. The first-order valence-corrected chi connectivity index (χ1v) is 15.9. The first-order chi connectivity index (χ1) is 15.8. The van der Waals surface area contributed by atoms with Gasteiger partial charge >= 0.3 is 178 Å². The summed E-state index contributed by atoms with van der Waals surface area (Å²) in [5.41, 5.74) is 0.795. The molecule has 0 fully saturated rings. The third-order valence-electron chi connectivity index (χ3n) is 5.07. The van der Waals surface area contributed by atoms with Gasteiger partial charge in [-0.2, -0.15) is 0 Å². The molecular formula is C26H22BF4OSb. The monoisotopic (exact) mass is 558 g/mol. The van der Waals surface area contributed by atoms with Crippen molar-refractivity contribution in [1.82, 2.24) is 0 Å². The van der Waals surface area contributed by atoms with Crippen LogP contribution in [0.1, 0.15) is 10.4 Å². The van der Waals surface area contributed by atoms with Crippen LogP contribution in [0.25, 0.3) is 0 Å². The minimum atomic E-state index is -6.00. The SMILES string of the molecule is F[B-](F)(F)F.O=C([CH2][Sb+]([c]1ccccc1)([c]1ccccc1)[c]1ccccc1)c1ccccc1. The summed E-state index contributed by atoms with van der Waals surface area (Å²) in [6.07, 6.45) is 0. The van der Waals surface area contributed by atoms with Crippen LogP contribution in [0.4, 0.5) is 17.3 Å². The number of carbonyl (C=O) groups is 1. The molecule has 0 bridgehead atoms. The molecule has 0 saturated heterocycles. The second-order valence-corrected chi connectivity index (χ2v) is 17.2. The first-order valence-electron chi connectivity index (χ1n) is 10.3. The van der Waals surface area contributed by atoms with Gasteiger partial charge < -0.3 is 17.3 Å². The van der Waals surface area contributed by atoms with E-state index in [0.29, 0.717) is 4.37 Å². The Kier molecular flexibility index (Phi) is 8.51. The predicted octanol–water partition coefficient (Wildman–Crippen LogP) is 5.34. The quantitative estimate of drug-likeness (QED) is 0.177. The zero-order valence-corrected chi connectivity index (χ0v) is 20.3. The van der Waals surface area contributed by atoms with Gasteiger partial charge in [0.1, 0.15) is 0 Å². The summed E-state index contributed by atoms with van der Waals surface area (Å²) in [7, 11) is -6.00. The van der Waals surface area contributed by atoms with Crippen molar-refractivity contribution >= 4 is 42.4 Å². The Labute approximate surface area is 195 Å². The van der Waals surface area contributed by atoms with E-state index in [9.17, 15) is 22.1 Å². The molecule has 4 aromatic rings. The fourth-order valence-corrected chi connectivity index (χ4v) is 15.4. The van der Waals surface area contributed by atoms with Crippen LogP contribution in [-0.4, -0.2) is 31.8 Å². The van der Waals surface area contributed by atoms with Crippen LogP contribution in [-0.2, 0) is 0 Å². The Morgan fingerprint density at radius 2 is 0.818 bits per heavy atom. The summed E-state index contributed by atoms with van der Waals surface area (Å²) in [5, 5.41) is 0. The van der Waals surface area contributed by atoms with Crippen molar-refractivity contribution in [3.05, 3.63) is 127 Å². The Morgan fingerprint density at radius 3 is 1.12 bits per heavy atom. The van der Waals surface area contributed by atoms with Crippen LogP contribution in [0.3, 0.4) is 0 Å². The third-order valence-corrected chi connectivity index (χ3v) is 17.3. The van der Waals surface area contributed by atoms with Gasteiger partial charge in [-0.1, -0.05) is 0 Å². The van der Waals surface area contributed by atoms with E-state index in [4.69, 9.17) is 0 Å². The third kappa shape index (κ3) is 6.82. The molecule has 0 aliphatic rings. The van der Waals surface area contributed by atoms with E-state index in [0.717, 1.165) is 5.56 Å². The van der Waals surface area contributed by atoms with Crippen LogP contribution in [0.5, 0.6) is 0 Å². The topological polar surface area (TPSA) is 17.1 Å². The van der Waals surface area contributed by atoms with Crippen LogP contribution >= 0.6 is 0 Å². The number of carbonyl (C=O) groups excluding carboxylic acids is 1. The number of halogens is 4. The molecule has 0 aliphatic heterocycles. The van der Waals surface area contributed by atoms with E-state index in [2.05, 4.69) is 72.8 Å².